The third-order valence-corrected chi connectivity index (χ3v) is 2.50. The number of rotatable bonds is 6. The summed E-state index contributed by atoms with van der Waals surface area (Å²) in [5.74, 6) is 0.148. The maximum Gasteiger partial charge on any atom is 0.153 e. The Morgan fingerprint density at radius 2 is 2.00 bits per heavy atom. The fourth-order valence-electron chi connectivity index (χ4n) is 1.51. The summed E-state index contributed by atoms with van der Waals surface area (Å²) in [5.41, 5.74) is 6.85. The van der Waals surface area contributed by atoms with E-state index in [1.807, 2.05) is 30.3 Å². The molecule has 0 spiro atoms. The van der Waals surface area contributed by atoms with Crippen molar-refractivity contribution in [1.29, 1.82) is 0 Å². The van der Waals surface area contributed by atoms with Gasteiger partial charge in [-0.1, -0.05) is 50.1 Å². The predicted octanol–water partition coefficient (Wildman–Crippen LogP) is 2.32. The van der Waals surface area contributed by atoms with Gasteiger partial charge < -0.3 is 5.73 Å². The third-order valence-electron chi connectivity index (χ3n) is 2.50. The Hall–Kier alpha value is -1.15. The topological polar surface area (TPSA) is 43.1 Å². The molecule has 0 aliphatic heterocycles. The molecule has 0 saturated carbocycles. The quantitative estimate of drug-likeness (QED) is 0.774. The average Bonchev–Trinajstić information content (AvgIpc) is 2.27. The maximum absolute atomic E-state index is 11.7. The molecular formula is C13H19NO. The molecular weight excluding hydrogens is 186 g/mol. The maximum atomic E-state index is 11.7. The fraction of sp³-hybridized carbons (Fsp3) is 0.462. The molecule has 0 bridgehead atoms. The van der Waals surface area contributed by atoms with Gasteiger partial charge in [-0.15, -0.1) is 0 Å². The SMILES string of the molecule is CCCCC(N)C(=O)Cc1ccccc1. The molecule has 0 aromatic heterocycles. The molecule has 0 radical (unpaired) electrons. The number of nitrogens with two attached hydrogens (primary N) is 1. The van der Waals surface area contributed by atoms with Gasteiger partial charge in [0.1, 0.15) is 0 Å². The van der Waals surface area contributed by atoms with Crippen molar-refractivity contribution in [2.24, 2.45) is 5.73 Å². The molecule has 0 aliphatic rings. The van der Waals surface area contributed by atoms with Crippen LogP contribution in [0.2, 0.25) is 0 Å². The van der Waals surface area contributed by atoms with Crippen molar-refractivity contribution in [3.05, 3.63) is 35.9 Å². The lowest BCUT2D eigenvalue weighted by molar-refractivity contribution is -0.119. The number of hydrogen-bond acceptors (Lipinski definition) is 2. The Kier molecular flexibility index (Phi) is 5.05. The van der Waals surface area contributed by atoms with Gasteiger partial charge in [0.2, 0.25) is 0 Å². The van der Waals surface area contributed by atoms with Crippen LogP contribution in [0.4, 0.5) is 0 Å². The zero-order valence-corrected chi connectivity index (χ0v) is 9.28. The summed E-state index contributed by atoms with van der Waals surface area (Å²) in [6.07, 6.45) is 3.39. The first kappa shape index (κ1) is 11.9. The van der Waals surface area contributed by atoms with Crippen LogP contribution in [-0.2, 0) is 11.2 Å². The van der Waals surface area contributed by atoms with Gasteiger partial charge in [-0.25, -0.2) is 0 Å². The molecule has 0 fully saturated rings. The van der Waals surface area contributed by atoms with Gasteiger partial charge in [0, 0.05) is 6.42 Å². The van der Waals surface area contributed by atoms with Crippen LogP contribution >= 0.6 is 0 Å². The van der Waals surface area contributed by atoms with E-state index < -0.39 is 0 Å². The van der Waals surface area contributed by atoms with Crippen LogP contribution in [0.1, 0.15) is 31.7 Å². The Morgan fingerprint density at radius 3 is 2.60 bits per heavy atom. The Morgan fingerprint density at radius 1 is 1.33 bits per heavy atom. The Bertz CT molecular complexity index is 295. The van der Waals surface area contributed by atoms with Crippen LogP contribution in [0.5, 0.6) is 0 Å². The molecule has 0 aliphatic carbocycles. The van der Waals surface area contributed by atoms with Gasteiger partial charge in [-0.05, 0) is 12.0 Å². The number of carbonyl (C=O) groups excluding carboxylic acids is 1. The Balaban J connectivity index is 2.42. The first-order valence-corrected chi connectivity index (χ1v) is 5.56. The minimum absolute atomic E-state index is 0.148. The van der Waals surface area contributed by atoms with Crippen LogP contribution < -0.4 is 5.73 Å². The highest BCUT2D eigenvalue weighted by Gasteiger charge is 2.12. The number of benzene rings is 1. The van der Waals surface area contributed by atoms with Crippen molar-refractivity contribution in [3.63, 3.8) is 0 Å². The fourth-order valence-corrected chi connectivity index (χ4v) is 1.51. The standard InChI is InChI=1S/C13H19NO/c1-2-3-9-12(14)13(15)10-11-7-5-4-6-8-11/h4-8,12H,2-3,9-10,14H2,1H3. The highest BCUT2D eigenvalue weighted by molar-refractivity contribution is 5.85. The van der Waals surface area contributed by atoms with E-state index in [1.54, 1.807) is 0 Å². The number of hydrogen-bond donors (Lipinski definition) is 1. The zero-order valence-electron chi connectivity index (χ0n) is 9.28. The Labute approximate surface area is 91.5 Å². The molecule has 1 aromatic rings. The van der Waals surface area contributed by atoms with Crippen molar-refractivity contribution in [2.45, 2.75) is 38.6 Å². The highest BCUT2D eigenvalue weighted by atomic mass is 16.1. The second-order valence-corrected chi connectivity index (χ2v) is 3.88. The molecule has 2 N–H and O–H groups in total. The van der Waals surface area contributed by atoms with E-state index in [2.05, 4.69) is 6.92 Å². The van der Waals surface area contributed by atoms with Gasteiger partial charge in [-0.3, -0.25) is 4.79 Å². The number of unbranched alkanes of at least 4 members (excludes halogenated alkanes) is 1. The summed E-state index contributed by atoms with van der Waals surface area (Å²) in [7, 11) is 0. The summed E-state index contributed by atoms with van der Waals surface area (Å²) < 4.78 is 0. The van der Waals surface area contributed by atoms with E-state index in [4.69, 9.17) is 5.73 Å². The van der Waals surface area contributed by atoms with Gasteiger partial charge >= 0.3 is 0 Å². The van der Waals surface area contributed by atoms with Crippen molar-refractivity contribution < 1.29 is 4.79 Å². The summed E-state index contributed by atoms with van der Waals surface area (Å²) in [5, 5.41) is 0. The summed E-state index contributed by atoms with van der Waals surface area (Å²) in [4.78, 5) is 11.7. The van der Waals surface area contributed by atoms with E-state index in [9.17, 15) is 4.79 Å². The molecule has 2 heteroatoms. The minimum atomic E-state index is -0.287. The first-order valence-electron chi connectivity index (χ1n) is 5.56. The van der Waals surface area contributed by atoms with Crippen LogP contribution in [-0.4, -0.2) is 11.8 Å². The summed E-state index contributed by atoms with van der Waals surface area (Å²) in [6, 6.07) is 9.48. The van der Waals surface area contributed by atoms with E-state index >= 15 is 0 Å². The van der Waals surface area contributed by atoms with Crippen LogP contribution in [0.3, 0.4) is 0 Å². The molecule has 0 saturated heterocycles. The van der Waals surface area contributed by atoms with E-state index in [0.29, 0.717) is 6.42 Å². The van der Waals surface area contributed by atoms with Gasteiger partial charge in [0.25, 0.3) is 0 Å². The van der Waals surface area contributed by atoms with Crippen LogP contribution in [0.25, 0.3) is 0 Å². The van der Waals surface area contributed by atoms with Crippen molar-refractivity contribution in [1.82, 2.24) is 0 Å². The highest BCUT2D eigenvalue weighted by Crippen LogP contribution is 2.05. The molecule has 1 unspecified atom stereocenters. The largest absolute Gasteiger partial charge is 0.321 e. The third kappa shape index (κ3) is 4.26. The molecule has 1 rings (SSSR count). The lowest BCUT2D eigenvalue weighted by Crippen LogP contribution is -2.31. The first-order chi connectivity index (χ1) is 7.24. The zero-order chi connectivity index (χ0) is 11.1. The number of ketones is 1. The van der Waals surface area contributed by atoms with Crippen LogP contribution in [0, 0.1) is 0 Å². The van der Waals surface area contributed by atoms with Crippen molar-refractivity contribution >= 4 is 5.78 Å². The molecule has 1 atom stereocenters. The molecule has 1 aromatic carbocycles. The second-order valence-electron chi connectivity index (χ2n) is 3.88. The minimum Gasteiger partial charge on any atom is -0.321 e. The summed E-state index contributed by atoms with van der Waals surface area (Å²) in [6.45, 7) is 2.11. The summed E-state index contributed by atoms with van der Waals surface area (Å²) >= 11 is 0. The van der Waals surface area contributed by atoms with E-state index in [0.717, 1.165) is 24.8 Å². The van der Waals surface area contributed by atoms with E-state index in [-0.39, 0.29) is 11.8 Å². The van der Waals surface area contributed by atoms with Crippen molar-refractivity contribution in [2.75, 3.05) is 0 Å². The molecule has 15 heavy (non-hydrogen) atoms. The lowest BCUT2D eigenvalue weighted by Gasteiger charge is -2.09. The van der Waals surface area contributed by atoms with Gasteiger partial charge in [-0.2, -0.15) is 0 Å². The van der Waals surface area contributed by atoms with Gasteiger partial charge in [0.15, 0.2) is 5.78 Å². The predicted molar refractivity (Wildman–Crippen MR) is 62.7 cm³/mol. The molecule has 82 valence electrons. The lowest BCUT2D eigenvalue weighted by atomic mass is 10.0. The van der Waals surface area contributed by atoms with Crippen LogP contribution in [0.15, 0.2) is 30.3 Å². The van der Waals surface area contributed by atoms with E-state index in [1.165, 1.54) is 0 Å². The monoisotopic (exact) mass is 205 g/mol. The molecule has 0 amide bonds. The number of carbonyl (C=O) groups is 1. The average molecular weight is 205 g/mol. The number of Topliss-reactive ketones (excluding diaryl/α,β-unsaturated/α-hetero) is 1. The molecule has 2 nitrogen and oxygen atoms in total. The normalized spacial score (nSPS) is 12.4. The van der Waals surface area contributed by atoms with Gasteiger partial charge in [0.05, 0.1) is 6.04 Å². The van der Waals surface area contributed by atoms with Crippen molar-refractivity contribution in [3.8, 4) is 0 Å². The molecule has 0 heterocycles. The smallest absolute Gasteiger partial charge is 0.153 e. The second kappa shape index (κ2) is 6.36.